The summed E-state index contributed by atoms with van der Waals surface area (Å²) in [7, 11) is 0. The van der Waals surface area contributed by atoms with Crippen molar-refractivity contribution < 1.29 is 19.8 Å². The zero-order valence-corrected chi connectivity index (χ0v) is 8.06. The molecule has 1 rings (SSSR count). The molecule has 0 aromatic rings. The zero-order chi connectivity index (χ0) is 10.7. The summed E-state index contributed by atoms with van der Waals surface area (Å²) in [5.41, 5.74) is 0. The number of aliphatic carboxylic acids is 1. The number of aliphatic hydroxyl groups is 1. The summed E-state index contributed by atoms with van der Waals surface area (Å²) in [5, 5.41) is 19.7. The smallest absolute Gasteiger partial charge is 0.326 e. The molecule has 0 aromatic carbocycles. The Morgan fingerprint density at radius 1 is 1.57 bits per heavy atom. The molecule has 0 aromatic heterocycles. The molecule has 1 fully saturated rings. The van der Waals surface area contributed by atoms with Crippen molar-refractivity contribution in [3.63, 3.8) is 0 Å². The maximum atomic E-state index is 11.3. The van der Waals surface area contributed by atoms with Gasteiger partial charge in [-0.1, -0.05) is 6.92 Å². The number of hydrogen-bond acceptors (Lipinski definition) is 3. The van der Waals surface area contributed by atoms with Crippen LogP contribution in [0.2, 0.25) is 0 Å². The topological polar surface area (TPSA) is 86.6 Å². The molecule has 0 radical (unpaired) electrons. The first kappa shape index (κ1) is 11.0. The lowest BCUT2D eigenvalue weighted by molar-refractivity contribution is -0.142. The average molecular weight is 201 g/mol. The first-order valence-corrected chi connectivity index (χ1v) is 4.70. The van der Waals surface area contributed by atoms with Gasteiger partial charge in [-0.15, -0.1) is 0 Å². The molecule has 14 heavy (non-hydrogen) atoms. The molecule has 1 aliphatic rings. The number of carboxylic acids is 1. The van der Waals surface area contributed by atoms with E-state index in [1.165, 1.54) is 0 Å². The highest BCUT2D eigenvalue weighted by molar-refractivity contribution is 5.86. The standard InChI is InChI=1S/C9H15NO4/c1-5-4-6(5)8(12)10-7(2-3-11)9(13)14/h5-7,11H,2-4H2,1H3,(H,10,12)(H,13,14)/t5?,6?,7-/m1/s1. The second-order valence-corrected chi connectivity index (χ2v) is 3.73. The molecule has 5 nitrogen and oxygen atoms in total. The summed E-state index contributed by atoms with van der Waals surface area (Å²) in [6.45, 7) is 1.71. The number of hydrogen-bond donors (Lipinski definition) is 3. The van der Waals surface area contributed by atoms with Gasteiger partial charge in [-0.05, 0) is 12.3 Å². The van der Waals surface area contributed by atoms with Gasteiger partial charge in [-0.25, -0.2) is 4.79 Å². The lowest BCUT2D eigenvalue weighted by Gasteiger charge is -2.12. The second-order valence-electron chi connectivity index (χ2n) is 3.73. The molecule has 1 saturated carbocycles. The first-order valence-electron chi connectivity index (χ1n) is 4.70. The summed E-state index contributed by atoms with van der Waals surface area (Å²) < 4.78 is 0. The van der Waals surface area contributed by atoms with E-state index >= 15 is 0 Å². The first-order chi connectivity index (χ1) is 6.56. The van der Waals surface area contributed by atoms with E-state index in [1.54, 1.807) is 0 Å². The van der Waals surface area contributed by atoms with Crippen LogP contribution < -0.4 is 5.32 Å². The third-order valence-electron chi connectivity index (χ3n) is 2.48. The quantitative estimate of drug-likeness (QED) is 0.564. The third kappa shape index (κ3) is 2.70. The fraction of sp³-hybridized carbons (Fsp3) is 0.778. The van der Waals surface area contributed by atoms with Gasteiger partial charge in [0.25, 0.3) is 0 Å². The largest absolute Gasteiger partial charge is 0.480 e. The van der Waals surface area contributed by atoms with Crippen LogP contribution in [0.25, 0.3) is 0 Å². The third-order valence-corrected chi connectivity index (χ3v) is 2.48. The van der Waals surface area contributed by atoms with E-state index in [-0.39, 0.29) is 24.9 Å². The maximum Gasteiger partial charge on any atom is 0.326 e. The van der Waals surface area contributed by atoms with Crippen LogP contribution in [0.15, 0.2) is 0 Å². The van der Waals surface area contributed by atoms with Crippen LogP contribution in [0.4, 0.5) is 0 Å². The Labute approximate surface area is 82.1 Å². The van der Waals surface area contributed by atoms with Crippen LogP contribution in [-0.2, 0) is 9.59 Å². The Balaban J connectivity index is 2.38. The SMILES string of the molecule is CC1CC1C(=O)N[C@H](CCO)C(=O)O. The fourth-order valence-corrected chi connectivity index (χ4v) is 1.35. The molecule has 80 valence electrons. The van der Waals surface area contributed by atoms with Crippen LogP contribution >= 0.6 is 0 Å². The van der Waals surface area contributed by atoms with Crippen LogP contribution in [0.3, 0.4) is 0 Å². The van der Waals surface area contributed by atoms with E-state index < -0.39 is 12.0 Å². The Hall–Kier alpha value is -1.10. The lowest BCUT2D eigenvalue weighted by Crippen LogP contribution is -2.42. The summed E-state index contributed by atoms with van der Waals surface area (Å²) in [6.07, 6.45) is 0.888. The molecule has 0 saturated heterocycles. The average Bonchev–Trinajstić information content (AvgIpc) is 2.81. The van der Waals surface area contributed by atoms with Crippen LogP contribution in [0.1, 0.15) is 19.8 Å². The fourth-order valence-electron chi connectivity index (χ4n) is 1.35. The van der Waals surface area contributed by atoms with E-state index in [9.17, 15) is 9.59 Å². The number of amides is 1. The Morgan fingerprint density at radius 2 is 2.14 bits per heavy atom. The zero-order valence-electron chi connectivity index (χ0n) is 8.06. The predicted molar refractivity (Wildman–Crippen MR) is 48.5 cm³/mol. The highest BCUT2D eigenvalue weighted by atomic mass is 16.4. The van der Waals surface area contributed by atoms with Gasteiger partial charge in [-0.2, -0.15) is 0 Å². The van der Waals surface area contributed by atoms with E-state index in [1.807, 2.05) is 6.92 Å². The highest BCUT2D eigenvalue weighted by Gasteiger charge is 2.40. The van der Waals surface area contributed by atoms with E-state index in [4.69, 9.17) is 10.2 Å². The number of nitrogens with one attached hydrogen (secondary N) is 1. The van der Waals surface area contributed by atoms with Gasteiger partial charge in [-0.3, -0.25) is 4.79 Å². The van der Waals surface area contributed by atoms with E-state index in [2.05, 4.69) is 5.32 Å². The molecule has 1 amide bonds. The number of aliphatic hydroxyl groups excluding tert-OH is 1. The molecule has 2 unspecified atom stereocenters. The molecular weight excluding hydrogens is 186 g/mol. The molecule has 0 spiro atoms. The van der Waals surface area contributed by atoms with Gasteiger partial charge >= 0.3 is 5.97 Å². The molecule has 5 heteroatoms. The van der Waals surface area contributed by atoms with Crippen LogP contribution in [-0.4, -0.2) is 34.7 Å². The van der Waals surface area contributed by atoms with Crippen molar-refractivity contribution in [2.45, 2.75) is 25.8 Å². The van der Waals surface area contributed by atoms with Gasteiger partial charge in [0.05, 0.1) is 0 Å². The molecule has 3 N–H and O–H groups in total. The highest BCUT2D eigenvalue weighted by Crippen LogP contribution is 2.37. The lowest BCUT2D eigenvalue weighted by atomic mass is 10.2. The summed E-state index contributed by atoms with van der Waals surface area (Å²) in [5.74, 6) is -0.979. The van der Waals surface area contributed by atoms with Gasteiger partial charge in [0, 0.05) is 18.9 Å². The second kappa shape index (κ2) is 4.41. The van der Waals surface area contributed by atoms with E-state index in [0.29, 0.717) is 5.92 Å². The molecule has 0 bridgehead atoms. The Morgan fingerprint density at radius 3 is 2.50 bits per heavy atom. The summed E-state index contributed by atoms with van der Waals surface area (Å²) in [6, 6.07) is -0.958. The van der Waals surface area contributed by atoms with Crippen LogP contribution in [0, 0.1) is 11.8 Å². The van der Waals surface area contributed by atoms with E-state index in [0.717, 1.165) is 6.42 Å². The van der Waals surface area contributed by atoms with Gasteiger partial charge in [0.2, 0.25) is 5.91 Å². The van der Waals surface area contributed by atoms with Gasteiger partial charge < -0.3 is 15.5 Å². The van der Waals surface area contributed by atoms with Gasteiger partial charge in [0.1, 0.15) is 6.04 Å². The molecule has 0 heterocycles. The van der Waals surface area contributed by atoms with Crippen molar-refractivity contribution in [3.8, 4) is 0 Å². The van der Waals surface area contributed by atoms with Crippen molar-refractivity contribution >= 4 is 11.9 Å². The normalized spacial score (nSPS) is 26.7. The number of carbonyl (C=O) groups is 2. The minimum atomic E-state index is -1.10. The monoisotopic (exact) mass is 201 g/mol. The van der Waals surface area contributed by atoms with Gasteiger partial charge in [0.15, 0.2) is 0 Å². The number of carbonyl (C=O) groups excluding carboxylic acids is 1. The minimum Gasteiger partial charge on any atom is -0.480 e. The molecule has 1 aliphatic carbocycles. The summed E-state index contributed by atoms with van der Waals surface area (Å²) >= 11 is 0. The van der Waals surface area contributed by atoms with Crippen molar-refractivity contribution in [1.82, 2.24) is 5.32 Å². The Kier molecular flexibility index (Phi) is 3.46. The van der Waals surface area contributed by atoms with Crippen molar-refractivity contribution in [1.29, 1.82) is 0 Å². The van der Waals surface area contributed by atoms with Crippen LogP contribution in [0.5, 0.6) is 0 Å². The number of rotatable bonds is 5. The van der Waals surface area contributed by atoms with Crippen molar-refractivity contribution in [2.75, 3.05) is 6.61 Å². The Bertz CT molecular complexity index is 241. The maximum absolute atomic E-state index is 11.3. The minimum absolute atomic E-state index is 0.0319. The number of carboxylic acid groups (broad SMARTS) is 1. The molecule has 0 aliphatic heterocycles. The molecule has 3 atom stereocenters. The molecular formula is C9H15NO4. The van der Waals surface area contributed by atoms with Crippen molar-refractivity contribution in [3.05, 3.63) is 0 Å². The van der Waals surface area contributed by atoms with Crippen molar-refractivity contribution in [2.24, 2.45) is 11.8 Å². The predicted octanol–water partition coefficient (Wildman–Crippen LogP) is -0.406. The summed E-state index contributed by atoms with van der Waals surface area (Å²) in [4.78, 5) is 22.0.